The molecule has 1 heterocycles. The number of benzene rings is 1. The van der Waals surface area contributed by atoms with E-state index in [2.05, 4.69) is 5.32 Å². The van der Waals surface area contributed by atoms with Gasteiger partial charge in [0.15, 0.2) is 0 Å². The smallest absolute Gasteiger partial charge is 0.252 e. The Morgan fingerprint density at radius 2 is 2.22 bits per heavy atom. The highest BCUT2D eigenvalue weighted by atomic mass is 35.5. The summed E-state index contributed by atoms with van der Waals surface area (Å²) in [6.45, 7) is 0.535. The molecular formula is C13H11ClFNOS. The van der Waals surface area contributed by atoms with Crippen molar-refractivity contribution >= 4 is 28.8 Å². The molecule has 1 aromatic heterocycles. The minimum atomic E-state index is -0.449. The molecule has 0 aliphatic carbocycles. The van der Waals surface area contributed by atoms with E-state index in [1.165, 1.54) is 17.0 Å². The van der Waals surface area contributed by atoms with E-state index in [1.807, 2.05) is 17.5 Å². The van der Waals surface area contributed by atoms with Gasteiger partial charge in [0.2, 0.25) is 0 Å². The van der Waals surface area contributed by atoms with Gasteiger partial charge in [-0.15, -0.1) is 11.3 Å². The number of rotatable bonds is 4. The van der Waals surface area contributed by atoms with Gasteiger partial charge in [0.05, 0.1) is 10.6 Å². The van der Waals surface area contributed by atoms with Crippen molar-refractivity contribution in [2.45, 2.75) is 6.42 Å². The van der Waals surface area contributed by atoms with E-state index in [4.69, 9.17) is 11.6 Å². The SMILES string of the molecule is O=C(NCCc1cccs1)c1ccc(F)cc1Cl. The molecule has 0 atom stereocenters. The number of carbonyl (C=O) groups excluding carboxylic acids is 1. The lowest BCUT2D eigenvalue weighted by Gasteiger charge is -2.06. The summed E-state index contributed by atoms with van der Waals surface area (Å²) in [4.78, 5) is 13.0. The van der Waals surface area contributed by atoms with Crippen LogP contribution in [0.3, 0.4) is 0 Å². The molecule has 0 spiro atoms. The highest BCUT2D eigenvalue weighted by Crippen LogP contribution is 2.17. The lowest BCUT2D eigenvalue weighted by molar-refractivity contribution is 0.0954. The highest BCUT2D eigenvalue weighted by molar-refractivity contribution is 7.09. The topological polar surface area (TPSA) is 29.1 Å². The van der Waals surface area contributed by atoms with Crippen molar-refractivity contribution in [1.82, 2.24) is 5.32 Å². The minimum Gasteiger partial charge on any atom is -0.352 e. The summed E-state index contributed by atoms with van der Waals surface area (Å²) in [5.41, 5.74) is 0.296. The van der Waals surface area contributed by atoms with Crippen LogP contribution in [0.1, 0.15) is 15.2 Å². The average Bonchev–Trinajstić information content (AvgIpc) is 2.81. The minimum absolute atomic E-state index is 0.128. The van der Waals surface area contributed by atoms with Gasteiger partial charge >= 0.3 is 0 Å². The number of hydrogen-bond donors (Lipinski definition) is 1. The monoisotopic (exact) mass is 283 g/mol. The van der Waals surface area contributed by atoms with Crippen molar-refractivity contribution in [3.63, 3.8) is 0 Å². The van der Waals surface area contributed by atoms with Gasteiger partial charge in [-0.1, -0.05) is 17.7 Å². The third-order valence-corrected chi connectivity index (χ3v) is 3.66. The van der Waals surface area contributed by atoms with Crippen molar-refractivity contribution in [3.05, 3.63) is 57.0 Å². The number of amides is 1. The Kier molecular flexibility index (Phi) is 4.33. The maximum Gasteiger partial charge on any atom is 0.252 e. The van der Waals surface area contributed by atoms with E-state index in [-0.39, 0.29) is 10.9 Å². The first kappa shape index (κ1) is 13.1. The highest BCUT2D eigenvalue weighted by Gasteiger charge is 2.10. The molecule has 2 nitrogen and oxygen atoms in total. The van der Waals surface area contributed by atoms with Crippen LogP contribution in [0.4, 0.5) is 4.39 Å². The normalized spacial score (nSPS) is 10.3. The molecule has 18 heavy (non-hydrogen) atoms. The Morgan fingerprint density at radius 1 is 1.39 bits per heavy atom. The first-order valence-corrected chi connectivity index (χ1v) is 6.68. The van der Waals surface area contributed by atoms with Crippen LogP contribution in [0, 0.1) is 5.82 Å². The van der Waals surface area contributed by atoms with E-state index in [0.29, 0.717) is 12.1 Å². The van der Waals surface area contributed by atoms with Gasteiger partial charge in [-0.25, -0.2) is 4.39 Å². The molecule has 0 saturated carbocycles. The Morgan fingerprint density at radius 3 is 2.89 bits per heavy atom. The Hall–Kier alpha value is -1.39. The maximum absolute atomic E-state index is 12.8. The van der Waals surface area contributed by atoms with Crippen LogP contribution in [0.25, 0.3) is 0 Å². The van der Waals surface area contributed by atoms with Gasteiger partial charge in [-0.2, -0.15) is 0 Å². The van der Waals surface area contributed by atoms with Crippen LogP contribution in [0.2, 0.25) is 5.02 Å². The van der Waals surface area contributed by atoms with Gasteiger partial charge in [-0.05, 0) is 36.1 Å². The van der Waals surface area contributed by atoms with E-state index in [0.717, 1.165) is 12.5 Å². The summed E-state index contributed by atoms with van der Waals surface area (Å²) in [6, 6.07) is 7.73. The predicted molar refractivity (Wildman–Crippen MR) is 71.8 cm³/mol. The van der Waals surface area contributed by atoms with E-state index in [1.54, 1.807) is 11.3 Å². The molecular weight excluding hydrogens is 273 g/mol. The number of hydrogen-bond acceptors (Lipinski definition) is 2. The standard InChI is InChI=1S/C13H11ClFNOS/c14-12-8-9(15)3-4-11(12)13(17)16-6-5-10-2-1-7-18-10/h1-4,7-8H,5-6H2,(H,16,17). The second-order valence-corrected chi connectivity index (χ2v) is 5.15. The van der Waals surface area contributed by atoms with Crippen LogP contribution >= 0.6 is 22.9 Å². The average molecular weight is 284 g/mol. The number of halogens is 2. The first-order chi connectivity index (χ1) is 8.66. The summed E-state index contributed by atoms with van der Waals surface area (Å²) < 4.78 is 12.8. The lowest BCUT2D eigenvalue weighted by atomic mass is 10.2. The van der Waals surface area contributed by atoms with E-state index in [9.17, 15) is 9.18 Å². The second-order valence-electron chi connectivity index (χ2n) is 3.71. The molecule has 5 heteroatoms. The zero-order valence-corrected chi connectivity index (χ0v) is 11.0. The summed E-state index contributed by atoms with van der Waals surface area (Å²) in [7, 11) is 0. The van der Waals surface area contributed by atoms with Crippen LogP contribution < -0.4 is 5.32 Å². The van der Waals surface area contributed by atoms with Gasteiger partial charge in [0, 0.05) is 11.4 Å². The molecule has 1 N–H and O–H groups in total. The van der Waals surface area contributed by atoms with Gasteiger partial charge in [-0.3, -0.25) is 4.79 Å². The van der Waals surface area contributed by atoms with E-state index < -0.39 is 5.82 Å². The van der Waals surface area contributed by atoms with Crippen molar-refractivity contribution in [1.29, 1.82) is 0 Å². The molecule has 0 aliphatic rings. The molecule has 1 amide bonds. The third kappa shape index (κ3) is 3.31. The fourth-order valence-corrected chi connectivity index (χ4v) is 2.48. The van der Waals surface area contributed by atoms with Crippen molar-refractivity contribution < 1.29 is 9.18 Å². The quantitative estimate of drug-likeness (QED) is 0.914. The second kappa shape index (κ2) is 5.98. The Bertz CT molecular complexity index is 542. The van der Waals surface area contributed by atoms with Crippen LogP contribution in [-0.2, 0) is 6.42 Å². The molecule has 94 valence electrons. The van der Waals surface area contributed by atoms with Crippen LogP contribution in [0.15, 0.2) is 35.7 Å². The lowest BCUT2D eigenvalue weighted by Crippen LogP contribution is -2.25. The van der Waals surface area contributed by atoms with Crippen molar-refractivity contribution in [2.24, 2.45) is 0 Å². The fraction of sp³-hybridized carbons (Fsp3) is 0.154. The number of nitrogens with one attached hydrogen (secondary N) is 1. The van der Waals surface area contributed by atoms with Gasteiger partial charge in [0.25, 0.3) is 5.91 Å². The molecule has 0 bridgehead atoms. The molecule has 0 unspecified atom stereocenters. The molecule has 0 radical (unpaired) electrons. The summed E-state index contributed by atoms with van der Waals surface area (Å²) in [5.74, 6) is -0.730. The predicted octanol–water partition coefficient (Wildman–Crippen LogP) is 3.51. The summed E-state index contributed by atoms with van der Waals surface area (Å²) >= 11 is 7.45. The first-order valence-electron chi connectivity index (χ1n) is 5.42. The zero-order valence-electron chi connectivity index (χ0n) is 9.45. The molecule has 1 aromatic carbocycles. The Labute approximate surface area is 113 Å². The maximum atomic E-state index is 12.8. The van der Waals surface area contributed by atoms with Crippen LogP contribution in [0.5, 0.6) is 0 Å². The van der Waals surface area contributed by atoms with Gasteiger partial charge < -0.3 is 5.32 Å². The Balaban J connectivity index is 1.91. The number of carbonyl (C=O) groups is 1. The summed E-state index contributed by atoms with van der Waals surface area (Å²) in [5, 5.41) is 4.88. The van der Waals surface area contributed by atoms with Crippen molar-refractivity contribution in [2.75, 3.05) is 6.54 Å². The molecule has 2 aromatic rings. The molecule has 0 saturated heterocycles. The van der Waals surface area contributed by atoms with E-state index >= 15 is 0 Å². The van der Waals surface area contributed by atoms with Crippen LogP contribution in [-0.4, -0.2) is 12.5 Å². The molecule has 0 aliphatic heterocycles. The van der Waals surface area contributed by atoms with Gasteiger partial charge in [0.1, 0.15) is 5.82 Å². The van der Waals surface area contributed by atoms with Crippen molar-refractivity contribution in [3.8, 4) is 0 Å². The fourth-order valence-electron chi connectivity index (χ4n) is 1.52. The molecule has 0 fully saturated rings. The zero-order chi connectivity index (χ0) is 13.0. The molecule has 2 rings (SSSR count). The number of thiophene rings is 1. The third-order valence-electron chi connectivity index (χ3n) is 2.41. The summed E-state index contributed by atoms with van der Waals surface area (Å²) in [6.07, 6.45) is 0.780. The largest absolute Gasteiger partial charge is 0.352 e.